The lowest BCUT2D eigenvalue weighted by Crippen LogP contribution is -2.22. The Bertz CT molecular complexity index is 1130. The minimum absolute atomic E-state index is 0.101. The van der Waals surface area contributed by atoms with E-state index < -0.39 is 0 Å². The van der Waals surface area contributed by atoms with Gasteiger partial charge < -0.3 is 14.0 Å². The zero-order chi connectivity index (χ0) is 19.8. The van der Waals surface area contributed by atoms with Gasteiger partial charge in [0.1, 0.15) is 11.9 Å². The Labute approximate surface area is 167 Å². The van der Waals surface area contributed by atoms with Crippen molar-refractivity contribution in [2.24, 2.45) is 0 Å². The van der Waals surface area contributed by atoms with Crippen molar-refractivity contribution in [3.05, 3.63) is 65.4 Å². The van der Waals surface area contributed by atoms with Crippen molar-refractivity contribution in [1.82, 2.24) is 25.1 Å². The first-order valence-corrected chi connectivity index (χ1v) is 9.30. The van der Waals surface area contributed by atoms with Crippen LogP contribution < -0.4 is 4.74 Å². The molecule has 1 atom stereocenters. The summed E-state index contributed by atoms with van der Waals surface area (Å²) in [6, 6.07) is 15.8. The van der Waals surface area contributed by atoms with E-state index in [0.29, 0.717) is 30.6 Å². The molecule has 0 unspecified atom stereocenters. The third-order valence-electron chi connectivity index (χ3n) is 5.02. The molecule has 2 aromatic heterocycles. The summed E-state index contributed by atoms with van der Waals surface area (Å²) in [6.45, 7) is 2.97. The number of rotatable bonds is 4. The maximum absolute atomic E-state index is 6.06. The molecule has 1 aliphatic heterocycles. The first kappa shape index (κ1) is 17.6. The van der Waals surface area contributed by atoms with Crippen molar-refractivity contribution in [1.29, 1.82) is 0 Å². The second kappa shape index (κ2) is 7.14. The summed E-state index contributed by atoms with van der Waals surface area (Å²) in [5, 5.41) is 12.6. The summed E-state index contributed by atoms with van der Waals surface area (Å²) in [5.41, 5.74) is 4.52. The highest BCUT2D eigenvalue weighted by Gasteiger charge is 2.27. The molecule has 0 fully saturated rings. The molecule has 2 aromatic carbocycles. The number of benzene rings is 2. The molecule has 29 heavy (non-hydrogen) atoms. The highest BCUT2D eigenvalue weighted by Crippen LogP contribution is 2.31. The molecule has 0 amide bonds. The molecule has 0 saturated carbocycles. The number of hydrogen-bond donors (Lipinski definition) is 0. The number of aryl methyl sites for hydroxylation is 1. The van der Waals surface area contributed by atoms with E-state index in [1.165, 1.54) is 5.56 Å². The quantitative estimate of drug-likeness (QED) is 0.527. The topological polar surface area (TPSA) is 88.1 Å². The number of aromatic nitrogens is 5. The molecule has 8 nitrogen and oxygen atoms in total. The van der Waals surface area contributed by atoms with E-state index in [2.05, 4.69) is 20.5 Å². The zero-order valence-corrected chi connectivity index (χ0v) is 16.1. The van der Waals surface area contributed by atoms with Crippen LogP contribution in [-0.4, -0.2) is 32.2 Å². The second-order valence-corrected chi connectivity index (χ2v) is 6.93. The molecule has 8 heteroatoms. The van der Waals surface area contributed by atoms with Crippen LogP contribution in [0.1, 0.15) is 22.9 Å². The first-order chi connectivity index (χ1) is 14.2. The molecule has 1 aliphatic rings. The van der Waals surface area contributed by atoms with Crippen molar-refractivity contribution in [3.8, 4) is 28.7 Å². The van der Waals surface area contributed by atoms with Crippen LogP contribution in [0.5, 0.6) is 5.75 Å². The maximum Gasteiger partial charge on any atom is 0.258 e. The van der Waals surface area contributed by atoms with Gasteiger partial charge in [-0.15, -0.1) is 5.10 Å². The fourth-order valence-corrected chi connectivity index (χ4v) is 3.34. The summed E-state index contributed by atoms with van der Waals surface area (Å²) in [5.74, 6) is 1.68. The summed E-state index contributed by atoms with van der Waals surface area (Å²) in [7, 11) is 1.65. The Morgan fingerprint density at radius 3 is 2.62 bits per heavy atom. The number of fused-ring (bicyclic) bond motifs is 1. The van der Waals surface area contributed by atoms with E-state index in [1.807, 2.05) is 60.1 Å². The molecule has 146 valence electrons. The predicted octanol–water partition coefficient (Wildman–Crippen LogP) is 3.58. The van der Waals surface area contributed by atoms with Gasteiger partial charge in [-0.2, -0.15) is 4.98 Å². The zero-order valence-electron chi connectivity index (χ0n) is 16.1. The summed E-state index contributed by atoms with van der Waals surface area (Å²) in [6.07, 6.45) is -0.101. The van der Waals surface area contributed by atoms with Gasteiger partial charge in [-0.1, -0.05) is 40.2 Å². The molecule has 0 aliphatic carbocycles. The van der Waals surface area contributed by atoms with E-state index in [4.69, 9.17) is 14.0 Å². The Kier molecular flexibility index (Phi) is 4.33. The van der Waals surface area contributed by atoms with Gasteiger partial charge in [-0.05, 0) is 36.8 Å². The molecule has 0 N–H and O–H groups in total. The normalized spacial score (nSPS) is 15.9. The molecular formula is C21H19N5O3. The van der Waals surface area contributed by atoms with E-state index in [1.54, 1.807) is 7.11 Å². The van der Waals surface area contributed by atoms with Crippen LogP contribution in [0.2, 0.25) is 0 Å². The van der Waals surface area contributed by atoms with Crippen LogP contribution in [0.3, 0.4) is 0 Å². The van der Waals surface area contributed by atoms with E-state index in [9.17, 15) is 0 Å². The highest BCUT2D eigenvalue weighted by atomic mass is 16.5. The minimum Gasteiger partial charge on any atom is -0.497 e. The van der Waals surface area contributed by atoms with Crippen LogP contribution in [-0.2, 0) is 17.9 Å². The van der Waals surface area contributed by atoms with Gasteiger partial charge in [0.25, 0.3) is 5.89 Å². The Morgan fingerprint density at radius 2 is 1.86 bits per heavy atom. The lowest BCUT2D eigenvalue weighted by molar-refractivity contribution is -0.00114. The first-order valence-electron chi connectivity index (χ1n) is 9.30. The number of nitrogens with zero attached hydrogens (tertiary/aromatic N) is 5. The maximum atomic E-state index is 6.06. The molecule has 3 heterocycles. The highest BCUT2D eigenvalue weighted by molar-refractivity contribution is 5.58. The average Bonchev–Trinajstić information content (AvgIpc) is 3.41. The molecule has 0 bridgehead atoms. The van der Waals surface area contributed by atoms with E-state index in [-0.39, 0.29) is 6.10 Å². The molecule has 5 rings (SSSR count). The number of hydrogen-bond acceptors (Lipinski definition) is 7. The van der Waals surface area contributed by atoms with E-state index >= 15 is 0 Å². The van der Waals surface area contributed by atoms with Gasteiger partial charge in [-0.25, -0.2) is 4.68 Å². The SMILES string of the molecule is COc1ccc([C@@H]2Cn3nnc(-c4noc(-c5ccc(C)cc5)n4)c3CO2)cc1. The van der Waals surface area contributed by atoms with Crippen molar-refractivity contribution in [3.63, 3.8) is 0 Å². The van der Waals surface area contributed by atoms with Gasteiger partial charge in [0.2, 0.25) is 5.82 Å². The van der Waals surface area contributed by atoms with Crippen molar-refractivity contribution < 1.29 is 14.0 Å². The predicted molar refractivity (Wildman–Crippen MR) is 104 cm³/mol. The van der Waals surface area contributed by atoms with Crippen molar-refractivity contribution >= 4 is 0 Å². The molecule has 0 radical (unpaired) electrons. The molecular weight excluding hydrogens is 370 g/mol. The van der Waals surface area contributed by atoms with E-state index in [0.717, 1.165) is 22.6 Å². The smallest absolute Gasteiger partial charge is 0.258 e. The number of ether oxygens (including phenoxy) is 2. The van der Waals surface area contributed by atoms with Crippen molar-refractivity contribution in [2.45, 2.75) is 26.2 Å². The van der Waals surface area contributed by atoms with Gasteiger partial charge in [0.15, 0.2) is 5.69 Å². The van der Waals surface area contributed by atoms with Gasteiger partial charge in [0, 0.05) is 5.56 Å². The van der Waals surface area contributed by atoms with Crippen LogP contribution >= 0.6 is 0 Å². The van der Waals surface area contributed by atoms with Crippen molar-refractivity contribution in [2.75, 3.05) is 7.11 Å². The second-order valence-electron chi connectivity index (χ2n) is 6.93. The van der Waals surface area contributed by atoms with Crippen LogP contribution in [0.15, 0.2) is 53.1 Å². The lowest BCUT2D eigenvalue weighted by atomic mass is 10.1. The summed E-state index contributed by atoms with van der Waals surface area (Å²) >= 11 is 0. The minimum atomic E-state index is -0.101. The monoisotopic (exact) mass is 389 g/mol. The molecule has 4 aromatic rings. The third kappa shape index (κ3) is 3.27. The Balaban J connectivity index is 1.38. The fourth-order valence-electron chi connectivity index (χ4n) is 3.34. The fraction of sp³-hybridized carbons (Fsp3) is 0.238. The van der Waals surface area contributed by atoms with Gasteiger partial charge in [0.05, 0.1) is 26.0 Å². The lowest BCUT2D eigenvalue weighted by Gasteiger charge is -2.24. The Hall–Kier alpha value is -3.52. The van der Waals surface area contributed by atoms with Crippen LogP contribution in [0.4, 0.5) is 0 Å². The average molecular weight is 389 g/mol. The van der Waals surface area contributed by atoms with Gasteiger partial charge in [-0.3, -0.25) is 0 Å². The molecule has 0 saturated heterocycles. The van der Waals surface area contributed by atoms with Crippen LogP contribution in [0, 0.1) is 6.92 Å². The van der Waals surface area contributed by atoms with Crippen LogP contribution in [0.25, 0.3) is 23.0 Å². The van der Waals surface area contributed by atoms with Gasteiger partial charge >= 0.3 is 0 Å². The summed E-state index contributed by atoms with van der Waals surface area (Å²) in [4.78, 5) is 4.49. The standard InChI is InChI=1S/C21H19N5O3/c1-13-3-5-15(6-4-13)21-22-20(24-29-21)19-17-12-28-18(11-26(17)25-23-19)14-7-9-16(27-2)10-8-14/h3-10,18H,11-12H2,1-2H3/t18-/m0/s1. The largest absolute Gasteiger partial charge is 0.497 e. The summed E-state index contributed by atoms with van der Waals surface area (Å²) < 4.78 is 18.5. The molecule has 0 spiro atoms. The number of methoxy groups -OCH3 is 1. The third-order valence-corrected chi connectivity index (χ3v) is 5.02. The Morgan fingerprint density at radius 1 is 1.07 bits per heavy atom.